The molecule has 1 amide bonds. The maximum Gasteiger partial charge on any atom is 0.315 e. The fourth-order valence-electron chi connectivity index (χ4n) is 0.953. The molecule has 0 saturated carbocycles. The number of amides is 1. The predicted octanol–water partition coefficient (Wildman–Crippen LogP) is 1.08. The van der Waals surface area contributed by atoms with E-state index >= 15 is 0 Å². The number of nitrogens with two attached hydrogens (primary N) is 1. The highest BCUT2D eigenvalue weighted by Crippen LogP contribution is 2.05. The molecule has 2 N–H and O–H groups in total. The lowest BCUT2D eigenvalue weighted by atomic mass is 10.0. The Balaban J connectivity index is 3.85. The van der Waals surface area contributed by atoms with Crippen LogP contribution in [0.4, 0.5) is 8.78 Å². The molecule has 0 aromatic carbocycles. The quantitative estimate of drug-likeness (QED) is 0.735. The van der Waals surface area contributed by atoms with Crippen LogP contribution < -0.4 is 5.73 Å². The molecule has 0 rings (SSSR count). The van der Waals surface area contributed by atoms with E-state index < -0.39 is 12.3 Å². The molecule has 3 nitrogen and oxygen atoms in total. The smallest absolute Gasteiger partial charge is 0.315 e. The molecule has 0 spiro atoms. The van der Waals surface area contributed by atoms with Crippen LogP contribution >= 0.6 is 0 Å². The monoisotopic (exact) mass is 208 g/mol. The average Bonchev–Trinajstić information content (AvgIpc) is 2.11. The van der Waals surface area contributed by atoms with Gasteiger partial charge in [0.1, 0.15) is 0 Å². The first kappa shape index (κ1) is 13.3. The molecule has 0 aromatic rings. The summed E-state index contributed by atoms with van der Waals surface area (Å²) < 4.78 is 23.9. The Morgan fingerprint density at radius 2 is 1.93 bits per heavy atom. The summed E-state index contributed by atoms with van der Waals surface area (Å²) in [5.41, 5.74) is 5.72. The summed E-state index contributed by atoms with van der Waals surface area (Å²) >= 11 is 0. The zero-order valence-corrected chi connectivity index (χ0v) is 8.84. The molecule has 0 fully saturated rings. The van der Waals surface area contributed by atoms with Crippen molar-refractivity contribution in [2.24, 2.45) is 11.7 Å². The highest BCUT2D eigenvalue weighted by atomic mass is 19.3. The number of hydrogen-bond donors (Lipinski definition) is 1. The van der Waals surface area contributed by atoms with Gasteiger partial charge < -0.3 is 10.6 Å². The van der Waals surface area contributed by atoms with Gasteiger partial charge in [0.05, 0.1) is 0 Å². The van der Waals surface area contributed by atoms with Crippen molar-refractivity contribution in [2.45, 2.75) is 32.7 Å². The van der Waals surface area contributed by atoms with Gasteiger partial charge in [-0.05, 0) is 12.3 Å². The van der Waals surface area contributed by atoms with E-state index in [-0.39, 0.29) is 12.6 Å². The Bertz CT molecular complexity index is 186. The van der Waals surface area contributed by atoms with Crippen molar-refractivity contribution in [1.82, 2.24) is 4.90 Å². The number of rotatable bonds is 5. The van der Waals surface area contributed by atoms with Crippen LogP contribution in [0.15, 0.2) is 0 Å². The normalized spacial score (nSPS) is 13.4. The zero-order valence-electron chi connectivity index (χ0n) is 8.84. The largest absolute Gasteiger partial charge is 0.341 e. The molecule has 1 unspecified atom stereocenters. The van der Waals surface area contributed by atoms with Crippen LogP contribution in [0.5, 0.6) is 0 Å². The number of alkyl halides is 2. The first-order chi connectivity index (χ1) is 6.36. The van der Waals surface area contributed by atoms with E-state index in [4.69, 9.17) is 5.73 Å². The lowest BCUT2D eigenvalue weighted by molar-refractivity contribution is -0.141. The summed E-state index contributed by atoms with van der Waals surface area (Å²) in [6, 6.07) is -0.0528. The number of hydrogen-bond acceptors (Lipinski definition) is 2. The van der Waals surface area contributed by atoms with Crippen molar-refractivity contribution < 1.29 is 13.6 Å². The molecule has 0 aliphatic rings. The summed E-state index contributed by atoms with van der Waals surface area (Å²) in [5, 5.41) is 0. The highest BCUT2D eigenvalue weighted by molar-refractivity contribution is 5.78. The summed E-state index contributed by atoms with van der Waals surface area (Å²) in [4.78, 5) is 11.8. The first-order valence-corrected chi connectivity index (χ1v) is 4.65. The maximum absolute atomic E-state index is 11.9. The van der Waals surface area contributed by atoms with Gasteiger partial charge >= 0.3 is 6.43 Å². The summed E-state index contributed by atoms with van der Waals surface area (Å²) in [6.45, 7) is 4.20. The first-order valence-electron chi connectivity index (χ1n) is 4.65. The SMILES string of the molecule is CC(C)C(N)CCN(C)C(=O)C(F)F. The molecule has 1 atom stereocenters. The molecular formula is C9H18F2N2O. The predicted molar refractivity (Wildman–Crippen MR) is 51.1 cm³/mol. The fourth-order valence-corrected chi connectivity index (χ4v) is 0.953. The van der Waals surface area contributed by atoms with Crippen LogP contribution in [-0.4, -0.2) is 36.9 Å². The summed E-state index contributed by atoms with van der Waals surface area (Å²) in [7, 11) is 1.36. The molecule has 0 bridgehead atoms. The number of carbonyl (C=O) groups excluding carboxylic acids is 1. The van der Waals surface area contributed by atoms with E-state index in [1.807, 2.05) is 13.8 Å². The third kappa shape index (κ3) is 4.50. The number of nitrogens with zero attached hydrogens (tertiary/aromatic N) is 1. The molecule has 0 aliphatic heterocycles. The van der Waals surface area contributed by atoms with Crippen molar-refractivity contribution in [3.8, 4) is 0 Å². The van der Waals surface area contributed by atoms with Crippen molar-refractivity contribution in [2.75, 3.05) is 13.6 Å². The van der Waals surface area contributed by atoms with E-state index in [9.17, 15) is 13.6 Å². The molecule has 0 saturated heterocycles. The Kier molecular flexibility index (Phi) is 5.60. The Hall–Kier alpha value is -0.710. The second-order valence-electron chi connectivity index (χ2n) is 3.76. The number of halogens is 2. The van der Waals surface area contributed by atoms with Gasteiger partial charge in [-0.1, -0.05) is 13.8 Å². The molecular weight excluding hydrogens is 190 g/mol. The van der Waals surface area contributed by atoms with E-state index in [0.717, 1.165) is 4.90 Å². The third-order valence-corrected chi connectivity index (χ3v) is 2.22. The van der Waals surface area contributed by atoms with Crippen molar-refractivity contribution >= 4 is 5.91 Å². The third-order valence-electron chi connectivity index (χ3n) is 2.22. The minimum absolute atomic E-state index is 0.0528. The van der Waals surface area contributed by atoms with Crippen LogP contribution in [0.25, 0.3) is 0 Å². The van der Waals surface area contributed by atoms with Crippen molar-refractivity contribution in [3.63, 3.8) is 0 Å². The van der Waals surface area contributed by atoms with Crippen LogP contribution in [0.1, 0.15) is 20.3 Å². The molecule has 5 heteroatoms. The van der Waals surface area contributed by atoms with Crippen LogP contribution in [0.2, 0.25) is 0 Å². The van der Waals surface area contributed by atoms with Gasteiger partial charge in [-0.25, -0.2) is 0 Å². The summed E-state index contributed by atoms with van der Waals surface area (Å²) in [6.07, 6.45) is -2.37. The Morgan fingerprint density at radius 3 is 2.29 bits per heavy atom. The van der Waals surface area contributed by atoms with Gasteiger partial charge in [0.15, 0.2) is 0 Å². The van der Waals surface area contributed by atoms with Crippen LogP contribution in [-0.2, 0) is 4.79 Å². The molecule has 0 heterocycles. The van der Waals surface area contributed by atoms with Gasteiger partial charge in [-0.3, -0.25) is 4.79 Å². The lowest BCUT2D eigenvalue weighted by Gasteiger charge is -2.21. The van der Waals surface area contributed by atoms with Crippen LogP contribution in [0.3, 0.4) is 0 Å². The minimum atomic E-state index is -2.92. The van der Waals surface area contributed by atoms with Gasteiger partial charge in [0.2, 0.25) is 0 Å². The Morgan fingerprint density at radius 1 is 1.43 bits per heavy atom. The molecule has 0 aliphatic carbocycles. The van der Waals surface area contributed by atoms with Crippen LogP contribution in [0, 0.1) is 5.92 Å². The molecule has 0 aromatic heterocycles. The topological polar surface area (TPSA) is 46.3 Å². The Labute approximate surface area is 83.3 Å². The lowest BCUT2D eigenvalue weighted by Crippen LogP contribution is -2.37. The van der Waals surface area contributed by atoms with Gasteiger partial charge in [-0.2, -0.15) is 8.78 Å². The minimum Gasteiger partial charge on any atom is -0.341 e. The van der Waals surface area contributed by atoms with E-state index in [1.165, 1.54) is 7.05 Å². The second-order valence-corrected chi connectivity index (χ2v) is 3.76. The fraction of sp³-hybridized carbons (Fsp3) is 0.889. The van der Waals surface area contributed by atoms with E-state index in [1.54, 1.807) is 0 Å². The molecule has 0 radical (unpaired) electrons. The average molecular weight is 208 g/mol. The zero-order chi connectivity index (χ0) is 11.3. The van der Waals surface area contributed by atoms with Gasteiger partial charge in [-0.15, -0.1) is 0 Å². The highest BCUT2D eigenvalue weighted by Gasteiger charge is 2.20. The maximum atomic E-state index is 11.9. The van der Waals surface area contributed by atoms with Crippen molar-refractivity contribution in [3.05, 3.63) is 0 Å². The van der Waals surface area contributed by atoms with Crippen molar-refractivity contribution in [1.29, 1.82) is 0 Å². The summed E-state index contributed by atoms with van der Waals surface area (Å²) in [5.74, 6) is -0.842. The van der Waals surface area contributed by atoms with E-state index in [0.29, 0.717) is 12.3 Å². The van der Waals surface area contributed by atoms with Gasteiger partial charge in [0.25, 0.3) is 5.91 Å². The molecule has 14 heavy (non-hydrogen) atoms. The molecule has 84 valence electrons. The second kappa shape index (κ2) is 5.90. The van der Waals surface area contributed by atoms with Gasteiger partial charge in [0, 0.05) is 19.6 Å². The standard InChI is InChI=1S/C9H18F2N2O/c1-6(2)7(12)4-5-13(3)9(14)8(10)11/h6-8H,4-5,12H2,1-3H3. The number of carbonyl (C=O) groups is 1. The van der Waals surface area contributed by atoms with E-state index in [2.05, 4.69) is 0 Å².